The third-order valence-corrected chi connectivity index (χ3v) is 2.56. The van der Waals surface area contributed by atoms with Crippen molar-refractivity contribution in [2.45, 2.75) is 13.8 Å². The molecule has 0 radical (unpaired) electrons. The van der Waals surface area contributed by atoms with Crippen molar-refractivity contribution < 1.29 is 0 Å². The molecule has 1 heterocycles. The van der Waals surface area contributed by atoms with Gasteiger partial charge in [-0.3, -0.25) is 0 Å². The summed E-state index contributed by atoms with van der Waals surface area (Å²) in [4.78, 5) is 8.65. The maximum absolute atomic E-state index is 5.94. The van der Waals surface area contributed by atoms with Crippen molar-refractivity contribution in [3.05, 3.63) is 18.3 Å². The number of hydrogen-bond acceptors (Lipinski definition) is 4. The summed E-state index contributed by atoms with van der Waals surface area (Å²) in [5.41, 5.74) is 6.98. The Bertz CT molecular complexity index is 336. The van der Waals surface area contributed by atoms with Crippen LogP contribution in [0.15, 0.2) is 18.3 Å². The van der Waals surface area contributed by atoms with Crippen molar-refractivity contribution in [1.82, 2.24) is 9.88 Å². The van der Waals surface area contributed by atoms with Gasteiger partial charge >= 0.3 is 0 Å². The van der Waals surface area contributed by atoms with E-state index in [0.717, 1.165) is 25.3 Å². The molecule has 1 aromatic rings. The summed E-state index contributed by atoms with van der Waals surface area (Å²) in [7, 11) is 4.17. The maximum Gasteiger partial charge on any atom is 0.146 e. The highest BCUT2D eigenvalue weighted by Crippen LogP contribution is 2.20. The summed E-state index contributed by atoms with van der Waals surface area (Å²) >= 11 is 0. The van der Waals surface area contributed by atoms with Crippen molar-refractivity contribution in [3.8, 4) is 0 Å². The molecule has 4 heteroatoms. The number of aromatic nitrogens is 1. The van der Waals surface area contributed by atoms with Gasteiger partial charge in [0.05, 0.1) is 5.69 Å². The number of likely N-dealkylation sites (N-methyl/N-ethyl adjacent to an activating group) is 1. The second-order valence-corrected chi connectivity index (χ2v) is 5.05. The van der Waals surface area contributed by atoms with Gasteiger partial charge in [0.1, 0.15) is 5.82 Å². The zero-order valence-corrected chi connectivity index (χ0v) is 11.3. The Balaban J connectivity index is 2.78. The van der Waals surface area contributed by atoms with Crippen LogP contribution in [-0.4, -0.2) is 43.6 Å². The normalized spacial score (nSPS) is 11.2. The Hall–Kier alpha value is -1.29. The van der Waals surface area contributed by atoms with Crippen LogP contribution in [0.2, 0.25) is 0 Å². The molecule has 0 spiro atoms. The highest BCUT2D eigenvalue weighted by molar-refractivity contribution is 5.62. The molecule has 0 aliphatic heterocycles. The van der Waals surface area contributed by atoms with Crippen LogP contribution in [0.1, 0.15) is 13.8 Å². The number of rotatable bonds is 6. The number of anilines is 2. The molecule has 0 aliphatic rings. The van der Waals surface area contributed by atoms with Crippen LogP contribution in [0.5, 0.6) is 0 Å². The van der Waals surface area contributed by atoms with Crippen molar-refractivity contribution in [2.75, 3.05) is 44.4 Å². The zero-order valence-electron chi connectivity index (χ0n) is 11.3. The predicted octanol–water partition coefficient (Wildman–Crippen LogP) is 1.69. The number of pyridine rings is 1. The fourth-order valence-corrected chi connectivity index (χ4v) is 1.75. The third-order valence-electron chi connectivity index (χ3n) is 2.56. The van der Waals surface area contributed by atoms with Gasteiger partial charge in [-0.05, 0) is 32.1 Å². The molecule has 0 bridgehead atoms. The quantitative estimate of drug-likeness (QED) is 0.816. The molecule has 0 aliphatic carbocycles. The first-order valence-corrected chi connectivity index (χ1v) is 6.11. The molecule has 0 saturated carbocycles. The number of hydrogen-bond donors (Lipinski definition) is 1. The Morgan fingerprint density at radius 1 is 1.29 bits per heavy atom. The first kappa shape index (κ1) is 13.8. The minimum atomic E-state index is 0.608. The molecule has 2 N–H and O–H groups in total. The molecule has 1 aromatic heterocycles. The summed E-state index contributed by atoms with van der Waals surface area (Å²) in [6.07, 6.45) is 1.73. The number of nitrogens with two attached hydrogens (primary N) is 1. The summed E-state index contributed by atoms with van der Waals surface area (Å²) in [5, 5.41) is 0. The molecule has 96 valence electrons. The molecule has 4 nitrogen and oxygen atoms in total. The van der Waals surface area contributed by atoms with Crippen molar-refractivity contribution >= 4 is 11.5 Å². The molecular weight excluding hydrogens is 212 g/mol. The van der Waals surface area contributed by atoms with Gasteiger partial charge in [-0.25, -0.2) is 4.98 Å². The Morgan fingerprint density at radius 3 is 2.53 bits per heavy atom. The lowest BCUT2D eigenvalue weighted by atomic mass is 10.2. The second-order valence-electron chi connectivity index (χ2n) is 5.05. The van der Waals surface area contributed by atoms with Gasteiger partial charge in [-0.1, -0.05) is 13.8 Å². The number of nitrogens with zero attached hydrogens (tertiary/aromatic N) is 3. The third kappa shape index (κ3) is 4.61. The second kappa shape index (κ2) is 6.45. The summed E-state index contributed by atoms with van der Waals surface area (Å²) < 4.78 is 0. The van der Waals surface area contributed by atoms with E-state index in [2.05, 4.69) is 42.7 Å². The van der Waals surface area contributed by atoms with Crippen LogP contribution in [0.4, 0.5) is 11.5 Å². The van der Waals surface area contributed by atoms with Gasteiger partial charge in [0.25, 0.3) is 0 Å². The maximum atomic E-state index is 5.94. The van der Waals surface area contributed by atoms with Crippen LogP contribution in [0.25, 0.3) is 0 Å². The summed E-state index contributed by atoms with van der Waals surface area (Å²) in [6.45, 7) is 7.43. The minimum absolute atomic E-state index is 0.608. The van der Waals surface area contributed by atoms with E-state index in [1.54, 1.807) is 6.20 Å². The summed E-state index contributed by atoms with van der Waals surface area (Å²) in [6, 6.07) is 3.98. The Morgan fingerprint density at radius 2 is 2.00 bits per heavy atom. The zero-order chi connectivity index (χ0) is 12.8. The van der Waals surface area contributed by atoms with E-state index in [1.165, 1.54) is 0 Å². The lowest BCUT2D eigenvalue weighted by molar-refractivity contribution is 0.409. The van der Waals surface area contributed by atoms with Gasteiger partial charge < -0.3 is 15.5 Å². The molecule has 0 atom stereocenters. The molecule has 1 rings (SSSR count). The smallest absolute Gasteiger partial charge is 0.146 e. The minimum Gasteiger partial charge on any atom is -0.382 e. The fraction of sp³-hybridized carbons (Fsp3) is 0.615. The van der Waals surface area contributed by atoms with E-state index in [0.29, 0.717) is 11.7 Å². The average Bonchev–Trinajstić information content (AvgIpc) is 2.24. The van der Waals surface area contributed by atoms with E-state index in [1.807, 2.05) is 12.1 Å². The van der Waals surface area contributed by atoms with E-state index < -0.39 is 0 Å². The van der Waals surface area contributed by atoms with Gasteiger partial charge in [0.15, 0.2) is 0 Å². The van der Waals surface area contributed by atoms with Gasteiger partial charge in [0.2, 0.25) is 0 Å². The van der Waals surface area contributed by atoms with Gasteiger partial charge in [-0.15, -0.1) is 0 Å². The van der Waals surface area contributed by atoms with Crippen molar-refractivity contribution in [3.63, 3.8) is 0 Å². The molecule has 17 heavy (non-hydrogen) atoms. The number of nitrogen functional groups attached to an aromatic ring is 1. The van der Waals surface area contributed by atoms with Crippen LogP contribution in [0.3, 0.4) is 0 Å². The Kier molecular flexibility index (Phi) is 5.22. The van der Waals surface area contributed by atoms with E-state index >= 15 is 0 Å². The molecule has 0 unspecified atom stereocenters. The monoisotopic (exact) mass is 236 g/mol. The van der Waals surface area contributed by atoms with Crippen LogP contribution >= 0.6 is 0 Å². The molecule has 0 aromatic carbocycles. The molecule has 0 fully saturated rings. The predicted molar refractivity (Wildman–Crippen MR) is 74.3 cm³/mol. The van der Waals surface area contributed by atoms with Crippen molar-refractivity contribution in [2.24, 2.45) is 5.92 Å². The lowest BCUT2D eigenvalue weighted by Crippen LogP contribution is -2.35. The fourth-order valence-electron chi connectivity index (χ4n) is 1.75. The average molecular weight is 236 g/mol. The molecular formula is C13H24N4. The van der Waals surface area contributed by atoms with Gasteiger partial charge in [0, 0.05) is 25.8 Å². The lowest BCUT2D eigenvalue weighted by Gasteiger charge is -2.28. The first-order chi connectivity index (χ1) is 8.00. The Labute approximate surface area is 104 Å². The first-order valence-electron chi connectivity index (χ1n) is 6.11. The highest BCUT2D eigenvalue weighted by Gasteiger charge is 2.11. The highest BCUT2D eigenvalue weighted by atomic mass is 15.2. The van der Waals surface area contributed by atoms with E-state index in [9.17, 15) is 0 Å². The van der Waals surface area contributed by atoms with Crippen LogP contribution < -0.4 is 10.6 Å². The molecule has 0 saturated heterocycles. The SMILES string of the molecule is CC(C)CN(CCN(C)C)c1cccnc1N. The van der Waals surface area contributed by atoms with Crippen LogP contribution in [0, 0.1) is 5.92 Å². The van der Waals surface area contributed by atoms with Gasteiger partial charge in [-0.2, -0.15) is 0 Å². The van der Waals surface area contributed by atoms with Crippen LogP contribution in [-0.2, 0) is 0 Å². The van der Waals surface area contributed by atoms with E-state index in [4.69, 9.17) is 5.73 Å². The summed E-state index contributed by atoms with van der Waals surface area (Å²) in [5.74, 6) is 1.23. The van der Waals surface area contributed by atoms with Crippen molar-refractivity contribution in [1.29, 1.82) is 0 Å². The largest absolute Gasteiger partial charge is 0.382 e. The molecule has 0 amide bonds. The topological polar surface area (TPSA) is 45.4 Å². The van der Waals surface area contributed by atoms with E-state index in [-0.39, 0.29) is 0 Å². The standard InChI is InChI=1S/C13H24N4/c1-11(2)10-17(9-8-16(3)4)12-6-5-7-15-13(12)14/h5-7,11H,8-10H2,1-4H3,(H2,14,15).